The number of nitrogen functional groups attached to an aromatic ring is 1. The predicted octanol–water partition coefficient (Wildman–Crippen LogP) is -1.40. The number of anilines is 1. The lowest BCUT2D eigenvalue weighted by Gasteiger charge is -2.50. The summed E-state index contributed by atoms with van der Waals surface area (Å²) in [5, 5.41) is 27.5. The predicted molar refractivity (Wildman–Crippen MR) is 125 cm³/mol. The Balaban J connectivity index is 1.55. The summed E-state index contributed by atoms with van der Waals surface area (Å²) in [4.78, 5) is 46.6. The first-order chi connectivity index (χ1) is 17.7. The molecule has 0 saturated carbocycles. The number of halogens is 2. The third kappa shape index (κ3) is 5.55. The quantitative estimate of drug-likeness (QED) is 0.138. The molecule has 4 rings (SSSR count). The number of aliphatic carboxylic acids is 1. The van der Waals surface area contributed by atoms with Crippen LogP contribution in [-0.4, -0.2) is 68.9 Å². The first-order valence-corrected chi connectivity index (χ1v) is 12.6. The Kier molecular flexibility index (Phi) is 7.99. The van der Waals surface area contributed by atoms with Gasteiger partial charge < -0.3 is 30.9 Å². The normalized spacial score (nSPS) is 19.5. The van der Waals surface area contributed by atoms with E-state index in [1.54, 1.807) is 29.0 Å². The molecule has 4 heterocycles. The molecule has 2 aromatic heterocycles. The van der Waals surface area contributed by atoms with Crippen LogP contribution in [0.3, 0.4) is 0 Å². The van der Waals surface area contributed by atoms with Crippen molar-refractivity contribution < 1.29 is 42.8 Å². The average molecular weight is 555 g/mol. The molecule has 2 atom stereocenters. The van der Waals surface area contributed by atoms with E-state index >= 15 is 0 Å². The minimum Gasteiger partial charge on any atom is -0.543 e. The zero-order valence-electron chi connectivity index (χ0n) is 18.9. The van der Waals surface area contributed by atoms with E-state index in [0.29, 0.717) is 12.0 Å². The maximum atomic E-state index is 13.0. The van der Waals surface area contributed by atoms with Gasteiger partial charge in [0.05, 0.1) is 24.7 Å². The van der Waals surface area contributed by atoms with Crippen molar-refractivity contribution >= 4 is 51.7 Å². The van der Waals surface area contributed by atoms with Crippen LogP contribution in [0.4, 0.5) is 13.9 Å². The summed E-state index contributed by atoms with van der Waals surface area (Å²) in [5.41, 5.74) is 5.69. The maximum Gasteiger partial charge on any atom is 0.407 e. The Labute approximate surface area is 216 Å². The Bertz CT molecular complexity index is 1290. The van der Waals surface area contributed by atoms with Crippen LogP contribution in [0.2, 0.25) is 0 Å². The molecular formula is C21H20F2N6O6S2. The Morgan fingerprint density at radius 2 is 2.22 bits per heavy atom. The fraction of sp³-hybridized carbons (Fsp3) is 0.333. The lowest BCUT2D eigenvalue weighted by molar-refractivity contribution is -0.696. The number of hydrogen-bond acceptors (Lipinski definition) is 11. The van der Waals surface area contributed by atoms with Crippen molar-refractivity contribution in [2.45, 2.75) is 31.0 Å². The number of rotatable bonds is 10. The second-order valence-corrected chi connectivity index (χ2v) is 9.77. The van der Waals surface area contributed by atoms with Crippen molar-refractivity contribution in [3.8, 4) is 0 Å². The van der Waals surface area contributed by atoms with Crippen molar-refractivity contribution in [1.29, 1.82) is 0 Å². The minimum atomic E-state index is -3.30. The Morgan fingerprint density at radius 1 is 1.43 bits per heavy atom. The molecule has 16 heteroatoms. The van der Waals surface area contributed by atoms with Gasteiger partial charge in [0, 0.05) is 28.8 Å². The molecular weight excluding hydrogens is 534 g/mol. The number of nitrogens with zero attached hydrogens (tertiary/aromatic N) is 4. The molecule has 0 bridgehead atoms. The second-order valence-electron chi connectivity index (χ2n) is 7.77. The molecule has 2 aliphatic heterocycles. The van der Waals surface area contributed by atoms with Gasteiger partial charge in [0.15, 0.2) is 29.3 Å². The van der Waals surface area contributed by atoms with Crippen LogP contribution in [0.5, 0.6) is 0 Å². The number of carboxylic acids is 1. The number of carbonyl (C=O) groups is 3. The van der Waals surface area contributed by atoms with Crippen molar-refractivity contribution in [1.82, 2.24) is 15.2 Å². The highest BCUT2D eigenvalue weighted by molar-refractivity contribution is 8.00. The highest BCUT2D eigenvalue weighted by atomic mass is 32.2. The van der Waals surface area contributed by atoms with Crippen LogP contribution in [-0.2, 0) is 32.2 Å². The molecule has 0 aromatic carbocycles. The van der Waals surface area contributed by atoms with Crippen LogP contribution in [0.25, 0.3) is 0 Å². The molecule has 2 amide bonds. The number of aliphatic hydroxyl groups is 1. The number of aliphatic hydroxyl groups excluding tert-OH is 1. The van der Waals surface area contributed by atoms with Gasteiger partial charge in [-0.3, -0.25) is 14.5 Å². The lowest BCUT2D eigenvalue weighted by Crippen LogP contribution is -2.71. The molecule has 0 radical (unpaired) electrons. The molecule has 1 saturated heterocycles. The van der Waals surface area contributed by atoms with Crippen molar-refractivity contribution in [3.05, 3.63) is 52.4 Å². The van der Waals surface area contributed by atoms with Gasteiger partial charge in [0.1, 0.15) is 17.1 Å². The maximum absolute atomic E-state index is 13.0. The highest BCUT2D eigenvalue weighted by Crippen LogP contribution is 2.40. The number of aromatic nitrogens is 2. The number of thioether (sulfide) groups is 1. The number of carbonyl (C=O) groups excluding carboxylic acids is 3. The largest absolute Gasteiger partial charge is 0.543 e. The number of oxime groups is 1. The van der Waals surface area contributed by atoms with Gasteiger partial charge in [-0.1, -0.05) is 11.2 Å². The third-order valence-electron chi connectivity index (χ3n) is 5.49. The average Bonchev–Trinajstić information content (AvgIpc) is 3.29. The van der Waals surface area contributed by atoms with E-state index < -0.39 is 41.5 Å². The molecule has 4 N–H and O–H groups in total. The highest BCUT2D eigenvalue weighted by Gasteiger charge is 2.53. The molecule has 0 spiro atoms. The van der Waals surface area contributed by atoms with Crippen molar-refractivity contribution in [2.24, 2.45) is 5.16 Å². The summed E-state index contributed by atoms with van der Waals surface area (Å²) in [6.45, 7) is -3.25. The van der Waals surface area contributed by atoms with E-state index in [0.717, 1.165) is 21.9 Å². The minimum absolute atomic E-state index is 0.0518. The van der Waals surface area contributed by atoms with E-state index in [2.05, 4.69) is 20.3 Å². The van der Waals surface area contributed by atoms with E-state index in [-0.39, 0.29) is 35.4 Å². The Morgan fingerprint density at radius 3 is 2.86 bits per heavy atom. The van der Waals surface area contributed by atoms with E-state index in [1.165, 1.54) is 17.1 Å². The summed E-state index contributed by atoms with van der Waals surface area (Å²) in [6, 6.07) is 4.18. The molecule has 196 valence electrons. The SMILES string of the molecule is Nc1nc(C(=NOC(F)F)C(=O)NC2C(=O)N3C(C(=O)[O-])=C(C[n+]4ccccc4CCO)CS[C@@H]23)cs1. The molecule has 0 aliphatic carbocycles. The summed E-state index contributed by atoms with van der Waals surface area (Å²) in [6.07, 6.45) is 2.08. The van der Waals surface area contributed by atoms with Gasteiger partial charge in [-0.15, -0.1) is 23.1 Å². The number of hydrogen-bond donors (Lipinski definition) is 3. The lowest BCUT2D eigenvalue weighted by atomic mass is 10.0. The Hall–Kier alpha value is -3.63. The van der Waals surface area contributed by atoms with E-state index in [9.17, 15) is 33.4 Å². The smallest absolute Gasteiger partial charge is 0.407 e. The number of carboxylic acid groups (broad SMARTS) is 1. The fourth-order valence-corrected chi connectivity index (χ4v) is 5.79. The number of β-lactam (4-membered cyclic amide) rings is 1. The molecule has 2 aliphatic rings. The van der Waals surface area contributed by atoms with Gasteiger partial charge in [-0.05, 0) is 0 Å². The van der Waals surface area contributed by atoms with Crippen molar-refractivity contribution in [3.63, 3.8) is 0 Å². The number of alkyl halides is 2. The van der Waals surface area contributed by atoms with E-state index in [4.69, 9.17) is 5.73 Å². The number of nitrogens with two attached hydrogens (primary N) is 1. The number of nitrogens with one attached hydrogen (secondary N) is 1. The van der Waals surface area contributed by atoms with Gasteiger partial charge in [0.25, 0.3) is 11.8 Å². The first kappa shape index (κ1) is 26.4. The van der Waals surface area contributed by atoms with Crippen LogP contribution in [0.1, 0.15) is 11.4 Å². The topological polar surface area (TPSA) is 174 Å². The monoisotopic (exact) mass is 554 g/mol. The molecule has 2 aromatic rings. The van der Waals surface area contributed by atoms with Gasteiger partial charge >= 0.3 is 6.61 Å². The third-order valence-corrected chi connectivity index (χ3v) is 7.51. The summed E-state index contributed by atoms with van der Waals surface area (Å²) >= 11 is 2.16. The van der Waals surface area contributed by atoms with Crippen LogP contribution >= 0.6 is 23.1 Å². The summed E-state index contributed by atoms with van der Waals surface area (Å²) in [7, 11) is 0. The van der Waals surface area contributed by atoms with Crippen molar-refractivity contribution in [2.75, 3.05) is 18.1 Å². The van der Waals surface area contributed by atoms with Gasteiger partial charge in [0.2, 0.25) is 0 Å². The van der Waals surface area contributed by atoms with E-state index in [1.807, 2.05) is 0 Å². The number of thiazole rings is 1. The number of pyridine rings is 1. The van der Waals surface area contributed by atoms with Gasteiger partial charge in [-0.2, -0.15) is 13.3 Å². The second kappa shape index (κ2) is 11.2. The first-order valence-electron chi connectivity index (χ1n) is 10.7. The molecule has 1 fully saturated rings. The van der Waals surface area contributed by atoms with Crippen LogP contribution < -0.4 is 20.7 Å². The zero-order chi connectivity index (χ0) is 26.7. The van der Waals surface area contributed by atoms with Crippen LogP contribution in [0, 0.1) is 0 Å². The molecule has 37 heavy (non-hydrogen) atoms. The van der Waals surface area contributed by atoms with Crippen LogP contribution in [0.15, 0.2) is 46.2 Å². The molecule has 12 nitrogen and oxygen atoms in total. The standard InChI is InChI=1S/C21H20F2N6O6S2/c22-20(23)35-27-13(12-9-37-21(24)25-12)16(31)26-14-17(32)29-15(19(33)34)10(8-36-18(14)29)7-28-5-2-1-3-11(28)4-6-30/h1-3,5,9,14,18,20,30H,4,6-8H2,(H3-,24,25,26,31,33,34)/t14?,18-/m0/s1. The zero-order valence-corrected chi connectivity index (χ0v) is 20.5. The summed E-state index contributed by atoms with van der Waals surface area (Å²) in [5.74, 6) is -3.09. The number of fused-ring (bicyclic) bond motifs is 1. The fourth-order valence-electron chi connectivity index (χ4n) is 3.91. The van der Waals surface area contributed by atoms with Gasteiger partial charge in [-0.25, -0.2) is 4.98 Å². The number of amides is 2. The molecule has 1 unspecified atom stereocenters. The summed E-state index contributed by atoms with van der Waals surface area (Å²) < 4.78 is 26.8.